The number of carboxylic acid groups (broad SMARTS) is 1. The molecule has 8 nitrogen and oxygen atoms in total. The van der Waals surface area contributed by atoms with Gasteiger partial charge in [-0.15, -0.1) is 0 Å². The van der Waals surface area contributed by atoms with E-state index >= 15 is 0 Å². The SMILES string of the molecule is Cc1ccc(NC(=O)Nc2ccc(F)c(CN3CCN(C(=O)O)CC3)c2)cn1. The van der Waals surface area contributed by atoms with Crippen molar-refractivity contribution < 1.29 is 19.1 Å². The summed E-state index contributed by atoms with van der Waals surface area (Å²) in [4.78, 5) is 30.5. The van der Waals surface area contributed by atoms with E-state index in [1.54, 1.807) is 24.4 Å². The van der Waals surface area contributed by atoms with E-state index < -0.39 is 12.1 Å². The monoisotopic (exact) mass is 387 g/mol. The lowest BCUT2D eigenvalue weighted by Gasteiger charge is -2.33. The standard InChI is InChI=1S/C19H22FN5O3/c1-13-2-3-16(11-21-13)23-18(26)22-15-4-5-17(20)14(10-15)12-24-6-8-25(9-7-24)19(27)28/h2-5,10-11H,6-9,12H2,1H3,(H,27,28)(H2,22,23,26). The molecule has 2 heterocycles. The van der Waals surface area contributed by atoms with Crippen molar-refractivity contribution in [2.24, 2.45) is 0 Å². The van der Waals surface area contributed by atoms with Gasteiger partial charge in [-0.25, -0.2) is 14.0 Å². The number of halogens is 1. The zero-order chi connectivity index (χ0) is 20.1. The van der Waals surface area contributed by atoms with Crippen LogP contribution in [0.1, 0.15) is 11.3 Å². The fraction of sp³-hybridized carbons (Fsp3) is 0.316. The number of urea groups is 1. The molecular formula is C19H22FN5O3. The van der Waals surface area contributed by atoms with Crippen molar-refractivity contribution in [3.63, 3.8) is 0 Å². The van der Waals surface area contributed by atoms with E-state index in [0.717, 1.165) is 5.69 Å². The molecule has 0 unspecified atom stereocenters. The molecule has 3 N–H and O–H groups in total. The van der Waals surface area contributed by atoms with E-state index in [0.29, 0.717) is 49.7 Å². The van der Waals surface area contributed by atoms with E-state index in [1.807, 2.05) is 11.8 Å². The van der Waals surface area contributed by atoms with Gasteiger partial charge in [-0.3, -0.25) is 9.88 Å². The Hall–Kier alpha value is -3.20. The minimum atomic E-state index is -0.938. The number of carbonyl (C=O) groups is 2. The molecule has 1 saturated heterocycles. The Labute approximate surface area is 162 Å². The van der Waals surface area contributed by atoms with Gasteiger partial charge >= 0.3 is 12.1 Å². The number of nitrogens with one attached hydrogen (secondary N) is 2. The Bertz CT molecular complexity index is 851. The topological polar surface area (TPSA) is 97.8 Å². The second-order valence-corrected chi connectivity index (χ2v) is 6.62. The molecule has 28 heavy (non-hydrogen) atoms. The fourth-order valence-corrected chi connectivity index (χ4v) is 2.95. The summed E-state index contributed by atoms with van der Waals surface area (Å²) in [6, 6.07) is 7.48. The van der Waals surface area contributed by atoms with Crippen molar-refractivity contribution in [2.45, 2.75) is 13.5 Å². The van der Waals surface area contributed by atoms with Crippen LogP contribution in [0.25, 0.3) is 0 Å². The molecule has 3 rings (SSSR count). The molecule has 1 aliphatic rings. The molecule has 2 aromatic rings. The number of rotatable bonds is 4. The molecule has 1 fully saturated rings. The summed E-state index contributed by atoms with van der Waals surface area (Å²) in [5, 5.41) is 14.3. The number of benzene rings is 1. The second-order valence-electron chi connectivity index (χ2n) is 6.62. The first-order valence-electron chi connectivity index (χ1n) is 8.90. The minimum absolute atomic E-state index is 0.346. The molecule has 9 heteroatoms. The Morgan fingerprint density at radius 3 is 2.43 bits per heavy atom. The molecule has 3 amide bonds. The van der Waals surface area contributed by atoms with Crippen LogP contribution in [0.15, 0.2) is 36.5 Å². The Morgan fingerprint density at radius 2 is 1.79 bits per heavy atom. The normalized spacial score (nSPS) is 14.6. The van der Waals surface area contributed by atoms with Crippen molar-refractivity contribution >= 4 is 23.5 Å². The van der Waals surface area contributed by atoms with E-state index in [2.05, 4.69) is 15.6 Å². The average molecular weight is 387 g/mol. The van der Waals surface area contributed by atoms with Gasteiger partial charge in [0, 0.05) is 49.7 Å². The van der Waals surface area contributed by atoms with Crippen LogP contribution < -0.4 is 10.6 Å². The van der Waals surface area contributed by atoms with E-state index in [-0.39, 0.29) is 5.82 Å². The first kappa shape index (κ1) is 19.6. The summed E-state index contributed by atoms with van der Waals surface area (Å²) in [5.74, 6) is -0.366. The number of anilines is 2. The van der Waals surface area contributed by atoms with Crippen LogP contribution in [-0.2, 0) is 6.54 Å². The number of nitrogens with zero attached hydrogens (tertiary/aromatic N) is 3. The molecule has 0 radical (unpaired) electrons. The zero-order valence-electron chi connectivity index (χ0n) is 15.5. The lowest BCUT2D eigenvalue weighted by molar-refractivity contribution is 0.102. The summed E-state index contributed by atoms with van der Waals surface area (Å²) in [6.07, 6.45) is 0.619. The fourth-order valence-electron chi connectivity index (χ4n) is 2.95. The van der Waals surface area contributed by atoms with Crippen LogP contribution in [0.5, 0.6) is 0 Å². The predicted molar refractivity (Wildman–Crippen MR) is 103 cm³/mol. The maximum atomic E-state index is 14.2. The van der Waals surface area contributed by atoms with Crippen LogP contribution in [-0.4, -0.2) is 58.2 Å². The number of aryl methyl sites for hydroxylation is 1. The third kappa shape index (κ3) is 5.17. The van der Waals surface area contributed by atoms with Crippen LogP contribution >= 0.6 is 0 Å². The van der Waals surface area contributed by atoms with Crippen molar-refractivity contribution in [2.75, 3.05) is 36.8 Å². The first-order chi connectivity index (χ1) is 13.4. The van der Waals surface area contributed by atoms with E-state index in [9.17, 15) is 14.0 Å². The zero-order valence-corrected chi connectivity index (χ0v) is 15.5. The first-order valence-corrected chi connectivity index (χ1v) is 8.90. The van der Waals surface area contributed by atoms with Crippen LogP contribution in [0.4, 0.5) is 25.4 Å². The number of amides is 3. The van der Waals surface area contributed by atoms with Gasteiger partial charge in [-0.05, 0) is 37.3 Å². The van der Waals surface area contributed by atoms with Crippen LogP contribution in [0.3, 0.4) is 0 Å². The summed E-state index contributed by atoms with van der Waals surface area (Å²) < 4.78 is 14.2. The number of hydrogen-bond acceptors (Lipinski definition) is 4. The molecule has 1 aromatic heterocycles. The van der Waals surface area contributed by atoms with E-state index in [4.69, 9.17) is 5.11 Å². The molecule has 1 aliphatic heterocycles. The molecular weight excluding hydrogens is 365 g/mol. The Balaban J connectivity index is 1.59. The van der Waals surface area contributed by atoms with Gasteiger partial charge in [-0.1, -0.05) is 0 Å². The van der Waals surface area contributed by atoms with Crippen LogP contribution in [0.2, 0.25) is 0 Å². The number of piperazine rings is 1. The third-order valence-corrected chi connectivity index (χ3v) is 4.51. The highest BCUT2D eigenvalue weighted by molar-refractivity contribution is 5.99. The lowest BCUT2D eigenvalue weighted by Crippen LogP contribution is -2.47. The molecule has 0 atom stereocenters. The van der Waals surface area contributed by atoms with Gasteiger partial charge in [0.15, 0.2) is 0 Å². The van der Waals surface area contributed by atoms with E-state index in [1.165, 1.54) is 17.0 Å². The molecule has 148 valence electrons. The van der Waals surface area contributed by atoms with Crippen LogP contribution in [0, 0.1) is 12.7 Å². The predicted octanol–water partition coefficient (Wildman–Crippen LogP) is 2.97. The van der Waals surface area contributed by atoms with Crippen molar-refractivity contribution in [1.82, 2.24) is 14.8 Å². The second kappa shape index (κ2) is 8.66. The molecule has 0 bridgehead atoms. The highest BCUT2D eigenvalue weighted by Crippen LogP contribution is 2.18. The van der Waals surface area contributed by atoms with Gasteiger partial charge in [0.25, 0.3) is 0 Å². The largest absolute Gasteiger partial charge is 0.465 e. The van der Waals surface area contributed by atoms with Crippen molar-refractivity contribution in [3.8, 4) is 0 Å². The molecule has 0 spiro atoms. The smallest absolute Gasteiger partial charge is 0.407 e. The minimum Gasteiger partial charge on any atom is -0.465 e. The summed E-state index contributed by atoms with van der Waals surface area (Å²) >= 11 is 0. The third-order valence-electron chi connectivity index (χ3n) is 4.51. The quantitative estimate of drug-likeness (QED) is 0.749. The highest BCUT2D eigenvalue weighted by Gasteiger charge is 2.21. The van der Waals surface area contributed by atoms with Gasteiger partial charge in [-0.2, -0.15) is 0 Å². The number of carbonyl (C=O) groups excluding carboxylic acids is 1. The van der Waals surface area contributed by atoms with Crippen molar-refractivity contribution in [1.29, 1.82) is 0 Å². The Morgan fingerprint density at radius 1 is 1.11 bits per heavy atom. The Kier molecular flexibility index (Phi) is 6.05. The maximum Gasteiger partial charge on any atom is 0.407 e. The molecule has 1 aromatic carbocycles. The van der Waals surface area contributed by atoms with Crippen molar-refractivity contribution in [3.05, 3.63) is 53.6 Å². The number of aromatic nitrogens is 1. The van der Waals surface area contributed by atoms with Gasteiger partial charge in [0.2, 0.25) is 0 Å². The summed E-state index contributed by atoms with van der Waals surface area (Å²) in [5.41, 5.74) is 2.32. The van der Waals surface area contributed by atoms with Gasteiger partial charge in [0.1, 0.15) is 5.82 Å². The molecule has 0 aliphatic carbocycles. The average Bonchev–Trinajstić information content (AvgIpc) is 2.67. The maximum absolute atomic E-state index is 14.2. The van der Waals surface area contributed by atoms with Gasteiger partial charge < -0.3 is 20.6 Å². The van der Waals surface area contributed by atoms with Gasteiger partial charge in [0.05, 0.1) is 11.9 Å². The summed E-state index contributed by atoms with van der Waals surface area (Å²) in [7, 11) is 0. The molecule has 0 saturated carbocycles. The number of pyridine rings is 1. The highest BCUT2D eigenvalue weighted by atomic mass is 19.1. The lowest BCUT2D eigenvalue weighted by atomic mass is 10.1. The number of hydrogen-bond donors (Lipinski definition) is 3. The summed E-state index contributed by atoms with van der Waals surface area (Å²) in [6.45, 7) is 4.04.